The molecule has 2 fully saturated rings. The molecule has 2 atom stereocenters. The Morgan fingerprint density at radius 2 is 1.87 bits per heavy atom. The van der Waals surface area contributed by atoms with Crippen LogP contribution in [-0.4, -0.2) is 36.6 Å². The van der Waals surface area contributed by atoms with E-state index in [-0.39, 0.29) is 12.0 Å². The molecule has 0 radical (unpaired) electrons. The van der Waals surface area contributed by atoms with Gasteiger partial charge in [-0.1, -0.05) is 19.8 Å². The van der Waals surface area contributed by atoms with Gasteiger partial charge in [-0.15, -0.1) is 0 Å². The van der Waals surface area contributed by atoms with Crippen LogP contribution in [0, 0.1) is 5.92 Å². The van der Waals surface area contributed by atoms with Crippen molar-refractivity contribution in [3.8, 4) is 0 Å². The summed E-state index contributed by atoms with van der Waals surface area (Å²) in [5, 5.41) is 0. The third kappa shape index (κ3) is 2.51. The number of likely N-dealkylation sites (tertiary alicyclic amines) is 1. The van der Waals surface area contributed by atoms with E-state index in [0.717, 1.165) is 39.0 Å². The summed E-state index contributed by atoms with van der Waals surface area (Å²) in [6.07, 6.45) is 5.74. The van der Waals surface area contributed by atoms with Gasteiger partial charge >= 0.3 is 0 Å². The molecule has 2 rings (SSSR count). The summed E-state index contributed by atoms with van der Waals surface area (Å²) in [7, 11) is 0. The molecule has 2 unspecified atom stereocenters. The monoisotopic (exact) mass is 211 g/mol. The van der Waals surface area contributed by atoms with Crippen LogP contribution in [-0.2, 0) is 9.53 Å². The molecule has 0 aromatic carbocycles. The summed E-state index contributed by atoms with van der Waals surface area (Å²) < 4.78 is 5.53. The van der Waals surface area contributed by atoms with E-state index in [1.807, 2.05) is 4.90 Å². The van der Waals surface area contributed by atoms with Crippen LogP contribution in [0.3, 0.4) is 0 Å². The molecule has 0 bridgehead atoms. The van der Waals surface area contributed by atoms with Crippen LogP contribution in [0.1, 0.15) is 39.0 Å². The molecule has 0 aromatic rings. The Morgan fingerprint density at radius 3 is 2.40 bits per heavy atom. The highest BCUT2D eigenvalue weighted by Crippen LogP contribution is 2.23. The van der Waals surface area contributed by atoms with Gasteiger partial charge in [-0.2, -0.15) is 0 Å². The van der Waals surface area contributed by atoms with E-state index < -0.39 is 0 Å². The van der Waals surface area contributed by atoms with Crippen molar-refractivity contribution in [1.82, 2.24) is 4.90 Å². The number of hydrogen-bond acceptors (Lipinski definition) is 2. The van der Waals surface area contributed by atoms with Gasteiger partial charge in [0, 0.05) is 19.7 Å². The lowest BCUT2D eigenvalue weighted by molar-refractivity contribution is -0.142. The molecule has 3 nitrogen and oxygen atoms in total. The van der Waals surface area contributed by atoms with E-state index in [9.17, 15) is 4.79 Å². The number of amides is 1. The molecule has 0 N–H and O–H groups in total. The van der Waals surface area contributed by atoms with Gasteiger partial charge in [0.15, 0.2) is 0 Å². The minimum atomic E-state index is -0.150. The Morgan fingerprint density at radius 1 is 1.20 bits per heavy atom. The van der Waals surface area contributed by atoms with Gasteiger partial charge in [0.25, 0.3) is 5.91 Å². The van der Waals surface area contributed by atoms with Crippen LogP contribution in [0.4, 0.5) is 0 Å². The number of carbonyl (C=O) groups is 1. The Kier molecular flexibility index (Phi) is 3.62. The van der Waals surface area contributed by atoms with Gasteiger partial charge in [-0.25, -0.2) is 0 Å². The minimum absolute atomic E-state index is 0.150. The topological polar surface area (TPSA) is 29.5 Å². The first-order valence-electron chi connectivity index (χ1n) is 6.19. The molecule has 1 amide bonds. The standard InChI is InChI=1S/C12H21NO2/c1-10-6-9-15-11(10)12(14)13-7-4-2-3-5-8-13/h10-11H,2-9H2,1H3. The van der Waals surface area contributed by atoms with E-state index in [2.05, 4.69) is 6.92 Å². The van der Waals surface area contributed by atoms with Gasteiger partial charge in [0.2, 0.25) is 0 Å². The maximum absolute atomic E-state index is 12.2. The third-order valence-electron chi connectivity index (χ3n) is 3.55. The fourth-order valence-electron chi connectivity index (χ4n) is 2.48. The summed E-state index contributed by atoms with van der Waals surface area (Å²) in [6, 6.07) is 0. The van der Waals surface area contributed by atoms with Gasteiger partial charge in [0.1, 0.15) is 6.10 Å². The quantitative estimate of drug-likeness (QED) is 0.662. The Balaban J connectivity index is 1.93. The lowest BCUT2D eigenvalue weighted by atomic mass is 10.0. The first kappa shape index (κ1) is 10.9. The second-order valence-corrected chi connectivity index (χ2v) is 4.80. The molecule has 0 spiro atoms. The maximum atomic E-state index is 12.2. The molecular formula is C12H21NO2. The summed E-state index contributed by atoms with van der Waals surface area (Å²) in [6.45, 7) is 4.75. The highest BCUT2D eigenvalue weighted by atomic mass is 16.5. The summed E-state index contributed by atoms with van der Waals surface area (Å²) >= 11 is 0. The van der Waals surface area contributed by atoms with E-state index in [0.29, 0.717) is 5.92 Å². The summed E-state index contributed by atoms with van der Waals surface area (Å²) in [5.41, 5.74) is 0. The molecule has 86 valence electrons. The van der Waals surface area contributed by atoms with Gasteiger partial charge in [0.05, 0.1) is 0 Å². The average molecular weight is 211 g/mol. The maximum Gasteiger partial charge on any atom is 0.251 e. The predicted octanol–water partition coefficient (Wildman–Crippen LogP) is 1.81. The van der Waals surface area contributed by atoms with E-state index in [4.69, 9.17) is 4.74 Å². The number of carbonyl (C=O) groups excluding carboxylic acids is 1. The highest BCUT2D eigenvalue weighted by molar-refractivity contribution is 5.81. The Bertz CT molecular complexity index is 222. The van der Waals surface area contributed by atoms with Crippen molar-refractivity contribution in [2.24, 2.45) is 5.92 Å². The van der Waals surface area contributed by atoms with Crippen molar-refractivity contribution < 1.29 is 9.53 Å². The molecule has 0 aromatic heterocycles. The molecule has 2 aliphatic rings. The van der Waals surface area contributed by atoms with Crippen molar-refractivity contribution in [1.29, 1.82) is 0 Å². The lowest BCUT2D eigenvalue weighted by Gasteiger charge is -2.25. The molecule has 3 heteroatoms. The van der Waals surface area contributed by atoms with E-state index in [1.54, 1.807) is 0 Å². The molecule has 2 heterocycles. The Hall–Kier alpha value is -0.570. The minimum Gasteiger partial charge on any atom is -0.368 e. The van der Waals surface area contributed by atoms with Crippen LogP contribution in [0.2, 0.25) is 0 Å². The molecule has 15 heavy (non-hydrogen) atoms. The van der Waals surface area contributed by atoms with Crippen LogP contribution in [0.25, 0.3) is 0 Å². The Labute approximate surface area is 91.8 Å². The molecular weight excluding hydrogens is 190 g/mol. The van der Waals surface area contributed by atoms with Crippen LogP contribution >= 0.6 is 0 Å². The fraction of sp³-hybridized carbons (Fsp3) is 0.917. The van der Waals surface area contributed by atoms with Crippen LogP contribution < -0.4 is 0 Å². The molecule has 2 aliphatic heterocycles. The first-order valence-corrected chi connectivity index (χ1v) is 6.19. The van der Waals surface area contributed by atoms with Crippen LogP contribution in [0.15, 0.2) is 0 Å². The van der Waals surface area contributed by atoms with E-state index in [1.165, 1.54) is 12.8 Å². The smallest absolute Gasteiger partial charge is 0.251 e. The highest BCUT2D eigenvalue weighted by Gasteiger charge is 2.33. The SMILES string of the molecule is CC1CCOC1C(=O)N1CCCCCC1. The zero-order valence-electron chi connectivity index (χ0n) is 9.58. The largest absolute Gasteiger partial charge is 0.368 e. The first-order chi connectivity index (χ1) is 7.29. The molecule has 2 saturated heterocycles. The second kappa shape index (κ2) is 4.97. The zero-order chi connectivity index (χ0) is 10.7. The van der Waals surface area contributed by atoms with Crippen molar-refractivity contribution >= 4 is 5.91 Å². The number of hydrogen-bond donors (Lipinski definition) is 0. The predicted molar refractivity (Wildman–Crippen MR) is 58.6 cm³/mol. The van der Waals surface area contributed by atoms with Gasteiger partial charge in [-0.3, -0.25) is 4.79 Å². The summed E-state index contributed by atoms with van der Waals surface area (Å²) in [5.74, 6) is 0.641. The zero-order valence-corrected chi connectivity index (χ0v) is 9.58. The molecule has 0 aliphatic carbocycles. The van der Waals surface area contributed by atoms with Crippen LogP contribution in [0.5, 0.6) is 0 Å². The van der Waals surface area contributed by atoms with Gasteiger partial charge in [-0.05, 0) is 25.2 Å². The third-order valence-corrected chi connectivity index (χ3v) is 3.55. The average Bonchev–Trinajstić information content (AvgIpc) is 2.53. The van der Waals surface area contributed by atoms with Crippen molar-refractivity contribution in [2.45, 2.75) is 45.1 Å². The normalized spacial score (nSPS) is 32.7. The van der Waals surface area contributed by atoms with Gasteiger partial charge < -0.3 is 9.64 Å². The van der Waals surface area contributed by atoms with Crippen molar-refractivity contribution in [3.63, 3.8) is 0 Å². The molecule has 0 saturated carbocycles. The fourth-order valence-corrected chi connectivity index (χ4v) is 2.48. The van der Waals surface area contributed by atoms with Crippen molar-refractivity contribution in [3.05, 3.63) is 0 Å². The van der Waals surface area contributed by atoms with E-state index >= 15 is 0 Å². The summed E-state index contributed by atoms with van der Waals surface area (Å²) in [4.78, 5) is 14.2. The number of nitrogens with zero attached hydrogens (tertiary/aromatic N) is 1. The van der Waals surface area contributed by atoms with Crippen molar-refractivity contribution in [2.75, 3.05) is 19.7 Å². The lowest BCUT2D eigenvalue weighted by Crippen LogP contribution is -2.41. The number of ether oxygens (including phenoxy) is 1. The second-order valence-electron chi connectivity index (χ2n) is 4.80. The number of rotatable bonds is 1.